The van der Waals surface area contributed by atoms with Crippen molar-refractivity contribution >= 4 is 6.03 Å². The Labute approximate surface area is 126 Å². The van der Waals surface area contributed by atoms with Crippen LogP contribution in [-0.4, -0.2) is 47.7 Å². The van der Waals surface area contributed by atoms with Crippen molar-refractivity contribution in [2.45, 2.75) is 25.8 Å². The highest BCUT2D eigenvalue weighted by atomic mass is 16.2. The molecule has 112 valence electrons. The number of nitrogens with zero attached hydrogens (tertiary/aromatic N) is 2. The smallest absolute Gasteiger partial charge is 0.320 e. The SMILES string of the molecule is CN(Cc1cccc(C#CCCO)c1)C(=O)N1CCCC1. The normalized spacial score (nSPS) is 13.7. The number of amides is 2. The first-order valence-corrected chi connectivity index (χ1v) is 7.39. The second-order valence-electron chi connectivity index (χ2n) is 5.31. The minimum Gasteiger partial charge on any atom is -0.395 e. The summed E-state index contributed by atoms with van der Waals surface area (Å²) in [5.41, 5.74) is 1.99. The zero-order valence-corrected chi connectivity index (χ0v) is 12.5. The summed E-state index contributed by atoms with van der Waals surface area (Å²) in [6, 6.07) is 8.00. The number of benzene rings is 1. The maximum Gasteiger partial charge on any atom is 0.320 e. The van der Waals surface area contributed by atoms with Crippen LogP contribution in [0.2, 0.25) is 0 Å². The summed E-state index contributed by atoms with van der Waals surface area (Å²) in [5, 5.41) is 8.73. The van der Waals surface area contributed by atoms with Crippen LogP contribution >= 0.6 is 0 Å². The van der Waals surface area contributed by atoms with Crippen molar-refractivity contribution < 1.29 is 9.90 Å². The summed E-state index contributed by atoms with van der Waals surface area (Å²) in [4.78, 5) is 15.9. The molecule has 4 nitrogen and oxygen atoms in total. The zero-order chi connectivity index (χ0) is 15.1. The van der Waals surface area contributed by atoms with E-state index in [1.54, 1.807) is 4.90 Å². The van der Waals surface area contributed by atoms with Crippen molar-refractivity contribution in [3.8, 4) is 11.8 Å². The fourth-order valence-corrected chi connectivity index (χ4v) is 2.46. The number of aliphatic hydroxyl groups excluding tert-OH is 1. The number of rotatable bonds is 3. The highest BCUT2D eigenvalue weighted by Crippen LogP contribution is 2.12. The fraction of sp³-hybridized carbons (Fsp3) is 0.471. The van der Waals surface area contributed by atoms with Gasteiger partial charge in [-0.2, -0.15) is 0 Å². The van der Waals surface area contributed by atoms with E-state index in [9.17, 15) is 4.79 Å². The molecule has 21 heavy (non-hydrogen) atoms. The van der Waals surface area contributed by atoms with Gasteiger partial charge in [-0.05, 0) is 30.5 Å². The number of urea groups is 1. The monoisotopic (exact) mass is 286 g/mol. The number of carbonyl (C=O) groups is 1. The first kappa shape index (κ1) is 15.4. The Balaban J connectivity index is 1.97. The van der Waals surface area contributed by atoms with Crippen molar-refractivity contribution in [1.29, 1.82) is 0 Å². The van der Waals surface area contributed by atoms with Crippen molar-refractivity contribution in [2.75, 3.05) is 26.7 Å². The lowest BCUT2D eigenvalue weighted by atomic mass is 10.1. The lowest BCUT2D eigenvalue weighted by Gasteiger charge is -2.24. The van der Waals surface area contributed by atoms with Gasteiger partial charge in [-0.15, -0.1) is 0 Å². The van der Waals surface area contributed by atoms with Crippen LogP contribution in [0.5, 0.6) is 0 Å². The molecule has 0 unspecified atom stereocenters. The van der Waals surface area contributed by atoms with Gasteiger partial charge < -0.3 is 14.9 Å². The van der Waals surface area contributed by atoms with Crippen LogP contribution in [0.3, 0.4) is 0 Å². The molecule has 1 aromatic rings. The summed E-state index contributed by atoms with van der Waals surface area (Å²) in [5.74, 6) is 5.93. The van der Waals surface area contributed by atoms with Crippen LogP contribution in [-0.2, 0) is 6.54 Å². The second kappa shape index (κ2) is 7.70. The van der Waals surface area contributed by atoms with Crippen LogP contribution in [0.1, 0.15) is 30.4 Å². The van der Waals surface area contributed by atoms with Gasteiger partial charge in [0, 0.05) is 38.7 Å². The Bertz CT molecular complexity index is 539. The Morgan fingerprint density at radius 2 is 2.14 bits per heavy atom. The van der Waals surface area contributed by atoms with Gasteiger partial charge in [0.1, 0.15) is 0 Å². The van der Waals surface area contributed by atoms with E-state index >= 15 is 0 Å². The molecule has 1 saturated heterocycles. The van der Waals surface area contributed by atoms with Gasteiger partial charge in [-0.1, -0.05) is 24.0 Å². The average molecular weight is 286 g/mol. The molecule has 1 aliphatic rings. The number of aliphatic hydroxyl groups is 1. The Hall–Kier alpha value is -1.99. The number of carbonyl (C=O) groups excluding carboxylic acids is 1. The van der Waals surface area contributed by atoms with E-state index in [0.29, 0.717) is 13.0 Å². The van der Waals surface area contributed by atoms with Crippen molar-refractivity contribution in [2.24, 2.45) is 0 Å². The molecule has 0 aliphatic carbocycles. The third kappa shape index (κ3) is 4.51. The molecule has 1 fully saturated rings. The molecule has 0 saturated carbocycles. The zero-order valence-electron chi connectivity index (χ0n) is 12.5. The molecular formula is C17H22N2O2. The molecule has 1 aromatic carbocycles. The maximum absolute atomic E-state index is 12.2. The molecule has 0 spiro atoms. The van der Waals surface area contributed by atoms with Gasteiger partial charge in [-0.3, -0.25) is 0 Å². The van der Waals surface area contributed by atoms with Gasteiger partial charge >= 0.3 is 6.03 Å². The number of hydrogen-bond donors (Lipinski definition) is 1. The lowest BCUT2D eigenvalue weighted by Crippen LogP contribution is -2.38. The third-order valence-electron chi connectivity index (χ3n) is 3.52. The maximum atomic E-state index is 12.2. The van der Waals surface area contributed by atoms with Gasteiger partial charge in [0.05, 0.1) is 6.61 Å². The highest BCUT2D eigenvalue weighted by Gasteiger charge is 2.21. The van der Waals surface area contributed by atoms with Gasteiger partial charge in [0.25, 0.3) is 0 Å². The van der Waals surface area contributed by atoms with E-state index in [0.717, 1.165) is 37.1 Å². The predicted molar refractivity (Wildman–Crippen MR) is 82.7 cm³/mol. The van der Waals surface area contributed by atoms with E-state index in [2.05, 4.69) is 11.8 Å². The van der Waals surface area contributed by atoms with Gasteiger partial charge in [0.15, 0.2) is 0 Å². The summed E-state index contributed by atoms with van der Waals surface area (Å²) < 4.78 is 0. The van der Waals surface area contributed by atoms with E-state index in [1.807, 2.05) is 36.2 Å². The fourth-order valence-electron chi connectivity index (χ4n) is 2.46. The first-order chi connectivity index (χ1) is 10.2. The Morgan fingerprint density at radius 3 is 2.86 bits per heavy atom. The molecule has 1 aliphatic heterocycles. The third-order valence-corrected chi connectivity index (χ3v) is 3.52. The summed E-state index contributed by atoms with van der Waals surface area (Å²) in [6.45, 7) is 2.41. The summed E-state index contributed by atoms with van der Waals surface area (Å²) >= 11 is 0. The molecule has 0 aromatic heterocycles. The molecular weight excluding hydrogens is 264 g/mol. The molecule has 2 amide bonds. The van der Waals surface area contributed by atoms with Crippen molar-refractivity contribution in [3.63, 3.8) is 0 Å². The molecule has 0 atom stereocenters. The predicted octanol–water partition coefficient (Wildman–Crippen LogP) is 2.07. The summed E-state index contributed by atoms with van der Waals surface area (Å²) in [7, 11) is 1.84. The first-order valence-electron chi connectivity index (χ1n) is 7.39. The van der Waals surface area contributed by atoms with Crippen LogP contribution in [0.15, 0.2) is 24.3 Å². The minimum atomic E-state index is 0.0831. The largest absolute Gasteiger partial charge is 0.395 e. The van der Waals surface area contributed by atoms with E-state index in [1.165, 1.54) is 0 Å². The standard InChI is InChI=1S/C17H22N2O2/c1-18(17(21)19-10-3-4-11-19)14-16-9-6-8-15(13-16)7-2-5-12-20/h6,8-9,13,20H,3-5,10-12,14H2,1H3. The minimum absolute atomic E-state index is 0.0831. The summed E-state index contributed by atoms with van der Waals surface area (Å²) in [6.07, 6.45) is 2.70. The topological polar surface area (TPSA) is 43.8 Å². The van der Waals surface area contributed by atoms with Gasteiger partial charge in [-0.25, -0.2) is 4.79 Å². The number of hydrogen-bond acceptors (Lipinski definition) is 2. The molecule has 2 rings (SSSR count). The molecule has 0 radical (unpaired) electrons. The van der Waals surface area contributed by atoms with Crippen LogP contribution in [0, 0.1) is 11.8 Å². The molecule has 1 heterocycles. The molecule has 1 N–H and O–H groups in total. The Morgan fingerprint density at radius 1 is 1.38 bits per heavy atom. The molecule has 4 heteroatoms. The average Bonchev–Trinajstić information content (AvgIpc) is 3.01. The highest BCUT2D eigenvalue weighted by molar-refractivity contribution is 5.74. The number of likely N-dealkylation sites (tertiary alicyclic amines) is 1. The van der Waals surface area contributed by atoms with E-state index < -0.39 is 0 Å². The van der Waals surface area contributed by atoms with Crippen molar-refractivity contribution in [3.05, 3.63) is 35.4 Å². The van der Waals surface area contributed by atoms with E-state index in [-0.39, 0.29) is 12.6 Å². The molecule has 0 bridgehead atoms. The lowest BCUT2D eigenvalue weighted by molar-refractivity contribution is 0.171. The van der Waals surface area contributed by atoms with E-state index in [4.69, 9.17) is 5.11 Å². The second-order valence-corrected chi connectivity index (χ2v) is 5.31. The van der Waals surface area contributed by atoms with Crippen LogP contribution in [0.4, 0.5) is 4.79 Å². The van der Waals surface area contributed by atoms with Gasteiger partial charge in [0.2, 0.25) is 0 Å². The van der Waals surface area contributed by atoms with Crippen LogP contribution in [0.25, 0.3) is 0 Å². The Kier molecular flexibility index (Phi) is 5.65. The van der Waals surface area contributed by atoms with Crippen molar-refractivity contribution in [1.82, 2.24) is 9.80 Å². The van der Waals surface area contributed by atoms with Crippen LogP contribution < -0.4 is 0 Å². The quantitative estimate of drug-likeness (QED) is 0.865.